The molecule has 0 unspecified atom stereocenters. The highest BCUT2D eigenvalue weighted by Crippen LogP contribution is 2.25. The van der Waals surface area contributed by atoms with Crippen molar-refractivity contribution in [2.45, 2.75) is 6.42 Å². The van der Waals surface area contributed by atoms with Crippen LogP contribution in [0.3, 0.4) is 0 Å². The van der Waals surface area contributed by atoms with Crippen LogP contribution >= 0.6 is 23.1 Å². The van der Waals surface area contributed by atoms with Crippen molar-refractivity contribution in [1.82, 2.24) is 9.97 Å². The first-order valence-corrected chi connectivity index (χ1v) is 8.44. The SMILES string of the molecule is CSCCc1nc(-c2cccs2)nc2ccccc12. The third-order valence-electron chi connectivity index (χ3n) is 2.97. The number of thioether (sulfide) groups is 1. The van der Waals surface area contributed by atoms with E-state index < -0.39 is 0 Å². The Balaban J connectivity index is 2.15. The minimum atomic E-state index is 0.852. The van der Waals surface area contributed by atoms with Crippen molar-refractivity contribution >= 4 is 34.0 Å². The monoisotopic (exact) mass is 286 g/mol. The summed E-state index contributed by atoms with van der Waals surface area (Å²) in [4.78, 5) is 10.6. The van der Waals surface area contributed by atoms with Crippen LogP contribution in [0.2, 0.25) is 0 Å². The summed E-state index contributed by atoms with van der Waals surface area (Å²) in [6.07, 6.45) is 3.12. The van der Waals surface area contributed by atoms with Gasteiger partial charge in [0.2, 0.25) is 0 Å². The van der Waals surface area contributed by atoms with Gasteiger partial charge in [-0.25, -0.2) is 9.97 Å². The smallest absolute Gasteiger partial charge is 0.170 e. The Hall–Kier alpha value is -1.39. The van der Waals surface area contributed by atoms with E-state index in [-0.39, 0.29) is 0 Å². The van der Waals surface area contributed by atoms with E-state index >= 15 is 0 Å². The van der Waals surface area contributed by atoms with Crippen molar-refractivity contribution in [3.8, 4) is 10.7 Å². The van der Waals surface area contributed by atoms with E-state index in [1.54, 1.807) is 11.3 Å². The van der Waals surface area contributed by atoms with Gasteiger partial charge in [0, 0.05) is 5.39 Å². The second-order valence-corrected chi connectivity index (χ2v) is 6.16. The number of aromatic nitrogens is 2. The lowest BCUT2D eigenvalue weighted by molar-refractivity contribution is 1.05. The molecule has 0 bridgehead atoms. The van der Waals surface area contributed by atoms with Gasteiger partial charge in [0.15, 0.2) is 5.82 Å². The number of hydrogen-bond acceptors (Lipinski definition) is 4. The molecule has 0 atom stereocenters. The number of hydrogen-bond donors (Lipinski definition) is 0. The molecule has 2 nitrogen and oxygen atoms in total. The average molecular weight is 286 g/mol. The molecule has 1 aromatic carbocycles. The molecular weight excluding hydrogens is 272 g/mol. The topological polar surface area (TPSA) is 25.8 Å². The third-order valence-corrected chi connectivity index (χ3v) is 4.44. The fourth-order valence-corrected chi connectivity index (χ4v) is 3.10. The summed E-state index contributed by atoms with van der Waals surface area (Å²) in [7, 11) is 0. The molecule has 0 radical (unpaired) electrons. The van der Waals surface area contributed by atoms with E-state index in [0.717, 1.165) is 34.1 Å². The highest BCUT2D eigenvalue weighted by atomic mass is 32.2. The van der Waals surface area contributed by atoms with Crippen molar-refractivity contribution in [2.75, 3.05) is 12.0 Å². The molecule has 0 saturated carbocycles. The summed E-state index contributed by atoms with van der Waals surface area (Å²) in [5.41, 5.74) is 2.19. The zero-order valence-corrected chi connectivity index (χ0v) is 12.3. The summed E-state index contributed by atoms with van der Waals surface area (Å²) in [6, 6.07) is 12.4. The molecule has 96 valence electrons. The van der Waals surface area contributed by atoms with Crippen LogP contribution < -0.4 is 0 Å². The van der Waals surface area contributed by atoms with Crippen LogP contribution in [0.5, 0.6) is 0 Å². The molecule has 0 aliphatic carbocycles. The molecule has 2 heterocycles. The van der Waals surface area contributed by atoms with Gasteiger partial charge in [0.1, 0.15) is 0 Å². The van der Waals surface area contributed by atoms with Gasteiger partial charge in [-0.15, -0.1) is 11.3 Å². The quantitative estimate of drug-likeness (QED) is 0.716. The van der Waals surface area contributed by atoms with Crippen LogP contribution in [0.15, 0.2) is 41.8 Å². The van der Waals surface area contributed by atoms with Crippen molar-refractivity contribution in [2.24, 2.45) is 0 Å². The molecule has 0 amide bonds. The molecule has 0 saturated heterocycles. The molecule has 0 aliphatic rings. The Morgan fingerprint density at radius 2 is 2.00 bits per heavy atom. The van der Waals surface area contributed by atoms with Crippen LogP contribution in [-0.4, -0.2) is 22.0 Å². The van der Waals surface area contributed by atoms with Gasteiger partial charge < -0.3 is 0 Å². The summed E-state index contributed by atoms with van der Waals surface area (Å²) < 4.78 is 0. The molecule has 3 rings (SSSR count). The summed E-state index contributed by atoms with van der Waals surface area (Å²) in [6.45, 7) is 0. The van der Waals surface area contributed by atoms with Crippen LogP contribution in [0.4, 0.5) is 0 Å². The van der Waals surface area contributed by atoms with Crippen LogP contribution in [0.25, 0.3) is 21.6 Å². The van der Waals surface area contributed by atoms with Gasteiger partial charge in [-0.3, -0.25) is 0 Å². The Kier molecular flexibility index (Phi) is 3.80. The first-order chi connectivity index (χ1) is 9.38. The van der Waals surface area contributed by atoms with E-state index in [1.165, 1.54) is 5.39 Å². The standard InChI is InChI=1S/C15H14N2S2/c1-18-10-8-13-11-5-2-3-6-12(11)16-15(17-13)14-7-4-9-19-14/h2-7,9H,8,10H2,1H3. The Labute approximate surface area is 120 Å². The maximum Gasteiger partial charge on any atom is 0.170 e. The third kappa shape index (κ3) is 2.65. The molecule has 3 aromatic rings. The van der Waals surface area contributed by atoms with Gasteiger partial charge in [-0.05, 0) is 35.9 Å². The van der Waals surface area contributed by atoms with Crippen molar-refractivity contribution in [3.05, 3.63) is 47.5 Å². The first kappa shape index (κ1) is 12.6. The van der Waals surface area contributed by atoms with Gasteiger partial charge in [-0.2, -0.15) is 11.8 Å². The molecule has 4 heteroatoms. The second-order valence-electron chi connectivity index (χ2n) is 4.23. The summed E-state index contributed by atoms with van der Waals surface area (Å²) in [5.74, 6) is 1.94. The number of nitrogens with zero attached hydrogens (tertiary/aromatic N) is 2. The van der Waals surface area contributed by atoms with E-state index in [4.69, 9.17) is 4.98 Å². The molecule has 19 heavy (non-hydrogen) atoms. The maximum atomic E-state index is 4.77. The lowest BCUT2D eigenvalue weighted by atomic mass is 10.1. The maximum absolute atomic E-state index is 4.77. The number of para-hydroxylation sites is 1. The summed E-state index contributed by atoms with van der Waals surface area (Å²) in [5, 5.41) is 3.24. The Morgan fingerprint density at radius 1 is 1.11 bits per heavy atom. The minimum absolute atomic E-state index is 0.852. The predicted molar refractivity (Wildman–Crippen MR) is 84.9 cm³/mol. The molecule has 0 N–H and O–H groups in total. The van der Waals surface area contributed by atoms with E-state index in [1.807, 2.05) is 23.9 Å². The highest BCUT2D eigenvalue weighted by Gasteiger charge is 2.09. The normalized spacial score (nSPS) is 11.0. The van der Waals surface area contributed by atoms with Gasteiger partial charge in [-0.1, -0.05) is 24.3 Å². The largest absolute Gasteiger partial charge is 0.232 e. The fourth-order valence-electron chi connectivity index (χ4n) is 2.05. The summed E-state index contributed by atoms with van der Waals surface area (Å²) >= 11 is 3.54. The lowest BCUT2D eigenvalue weighted by Crippen LogP contribution is -1.99. The number of aryl methyl sites for hydroxylation is 1. The molecule has 2 aromatic heterocycles. The van der Waals surface area contributed by atoms with Gasteiger partial charge in [0.05, 0.1) is 16.1 Å². The Bertz CT molecular complexity index is 678. The first-order valence-electron chi connectivity index (χ1n) is 6.17. The lowest BCUT2D eigenvalue weighted by Gasteiger charge is -2.07. The van der Waals surface area contributed by atoms with Gasteiger partial charge in [0.25, 0.3) is 0 Å². The van der Waals surface area contributed by atoms with Crippen molar-refractivity contribution in [1.29, 1.82) is 0 Å². The highest BCUT2D eigenvalue weighted by molar-refractivity contribution is 7.98. The molecule has 0 fully saturated rings. The predicted octanol–water partition coefficient (Wildman–Crippen LogP) is 4.26. The fraction of sp³-hybridized carbons (Fsp3) is 0.200. The van der Waals surface area contributed by atoms with Crippen LogP contribution in [-0.2, 0) is 6.42 Å². The number of rotatable bonds is 4. The van der Waals surface area contributed by atoms with Crippen molar-refractivity contribution < 1.29 is 0 Å². The zero-order valence-electron chi connectivity index (χ0n) is 10.7. The average Bonchev–Trinajstić information content (AvgIpc) is 2.98. The number of fused-ring (bicyclic) bond motifs is 1. The molecule has 0 aliphatic heterocycles. The van der Waals surface area contributed by atoms with E-state index in [9.17, 15) is 0 Å². The van der Waals surface area contributed by atoms with E-state index in [0.29, 0.717) is 0 Å². The Morgan fingerprint density at radius 3 is 2.79 bits per heavy atom. The molecular formula is C15H14N2S2. The minimum Gasteiger partial charge on any atom is -0.232 e. The van der Waals surface area contributed by atoms with Crippen LogP contribution in [0, 0.1) is 0 Å². The van der Waals surface area contributed by atoms with Crippen molar-refractivity contribution in [3.63, 3.8) is 0 Å². The van der Waals surface area contributed by atoms with E-state index in [2.05, 4.69) is 40.9 Å². The molecule has 0 spiro atoms. The van der Waals surface area contributed by atoms with Gasteiger partial charge >= 0.3 is 0 Å². The number of thiophene rings is 1. The zero-order chi connectivity index (χ0) is 13.1. The number of benzene rings is 1. The second kappa shape index (κ2) is 5.72. The van der Waals surface area contributed by atoms with Crippen LogP contribution in [0.1, 0.15) is 5.69 Å².